The lowest BCUT2D eigenvalue weighted by Gasteiger charge is -2.16. The molecule has 1 aromatic carbocycles. The van der Waals surface area contributed by atoms with Crippen LogP contribution in [0, 0.1) is 0 Å². The molecule has 0 spiro atoms. The lowest BCUT2D eigenvalue weighted by molar-refractivity contribution is -0.117. The number of benzene rings is 1. The van der Waals surface area contributed by atoms with E-state index in [0.717, 1.165) is 11.3 Å². The zero-order valence-corrected chi connectivity index (χ0v) is 10.2. The minimum atomic E-state index is -1.39. The maximum Gasteiger partial charge on any atom is 0.231 e. The van der Waals surface area contributed by atoms with Crippen molar-refractivity contribution in [2.24, 2.45) is 0 Å². The summed E-state index contributed by atoms with van der Waals surface area (Å²) in [5, 5.41) is 9.67. The fourth-order valence-corrected chi connectivity index (χ4v) is 1.96. The molecule has 0 radical (unpaired) electrons. The molecule has 1 heterocycles. The molecule has 0 atom stereocenters. The van der Waals surface area contributed by atoms with Crippen molar-refractivity contribution in [2.45, 2.75) is 25.9 Å². The Kier molecular flexibility index (Phi) is 2.54. The Labute approximate surface area is 99.9 Å². The molecule has 1 N–H and O–H groups in total. The van der Waals surface area contributed by atoms with Gasteiger partial charge >= 0.3 is 0 Å². The largest absolute Gasteiger partial charge is 0.382 e. The molecule has 0 unspecified atom stereocenters. The molecule has 4 nitrogen and oxygen atoms in total. The van der Waals surface area contributed by atoms with Crippen LogP contribution in [-0.4, -0.2) is 29.4 Å². The SMILES string of the molecule is CN1C(=O)Cc2cc(C(=O)C(C)(C)O)ccc21. The van der Waals surface area contributed by atoms with Gasteiger partial charge in [-0.15, -0.1) is 0 Å². The highest BCUT2D eigenvalue weighted by atomic mass is 16.3. The van der Waals surface area contributed by atoms with Crippen LogP contribution in [0.4, 0.5) is 5.69 Å². The van der Waals surface area contributed by atoms with Gasteiger partial charge in [-0.25, -0.2) is 0 Å². The van der Waals surface area contributed by atoms with Gasteiger partial charge in [0.05, 0.1) is 6.42 Å². The van der Waals surface area contributed by atoms with Crippen LogP contribution in [0.2, 0.25) is 0 Å². The number of hydrogen-bond acceptors (Lipinski definition) is 3. The van der Waals surface area contributed by atoms with Crippen molar-refractivity contribution in [3.05, 3.63) is 29.3 Å². The smallest absolute Gasteiger partial charge is 0.231 e. The van der Waals surface area contributed by atoms with Crippen LogP contribution in [0.5, 0.6) is 0 Å². The number of likely N-dealkylation sites (N-methyl/N-ethyl adjacent to an activating group) is 1. The number of carbonyl (C=O) groups excluding carboxylic acids is 2. The minimum Gasteiger partial charge on any atom is -0.382 e. The molecular weight excluding hydrogens is 218 g/mol. The second-order valence-corrected chi connectivity index (χ2v) is 4.86. The van der Waals surface area contributed by atoms with Crippen molar-refractivity contribution in [3.8, 4) is 0 Å². The molecule has 2 rings (SSSR count). The van der Waals surface area contributed by atoms with Crippen molar-refractivity contribution < 1.29 is 14.7 Å². The number of Topliss-reactive ketones (excluding diaryl/α,β-unsaturated/α-hetero) is 1. The summed E-state index contributed by atoms with van der Waals surface area (Å²) >= 11 is 0. The number of anilines is 1. The van der Waals surface area contributed by atoms with E-state index < -0.39 is 5.60 Å². The Bertz CT molecular complexity index is 500. The molecule has 1 aliphatic rings. The number of ketones is 1. The van der Waals surface area contributed by atoms with Gasteiger partial charge in [-0.2, -0.15) is 0 Å². The first-order valence-corrected chi connectivity index (χ1v) is 5.47. The van der Waals surface area contributed by atoms with Gasteiger partial charge in [0.1, 0.15) is 5.60 Å². The Balaban J connectivity index is 2.40. The van der Waals surface area contributed by atoms with Crippen molar-refractivity contribution in [1.29, 1.82) is 0 Å². The van der Waals surface area contributed by atoms with E-state index in [0.29, 0.717) is 12.0 Å². The van der Waals surface area contributed by atoms with E-state index in [1.165, 1.54) is 13.8 Å². The highest BCUT2D eigenvalue weighted by molar-refractivity contribution is 6.05. The molecule has 4 heteroatoms. The second kappa shape index (κ2) is 3.67. The number of rotatable bonds is 2. The van der Waals surface area contributed by atoms with E-state index in [4.69, 9.17) is 0 Å². The first-order valence-electron chi connectivity index (χ1n) is 5.47. The van der Waals surface area contributed by atoms with Crippen LogP contribution in [-0.2, 0) is 11.2 Å². The molecule has 1 aromatic rings. The third-order valence-electron chi connectivity index (χ3n) is 2.97. The fraction of sp³-hybridized carbons (Fsp3) is 0.385. The van der Waals surface area contributed by atoms with Gasteiger partial charge in [-0.05, 0) is 37.6 Å². The maximum atomic E-state index is 11.9. The number of fused-ring (bicyclic) bond motifs is 1. The summed E-state index contributed by atoms with van der Waals surface area (Å²) in [6, 6.07) is 5.09. The molecule has 0 aliphatic carbocycles. The Morgan fingerprint density at radius 2 is 2.06 bits per heavy atom. The van der Waals surface area contributed by atoms with Crippen LogP contribution in [0.15, 0.2) is 18.2 Å². The molecule has 90 valence electrons. The Morgan fingerprint density at radius 1 is 1.41 bits per heavy atom. The van der Waals surface area contributed by atoms with Gasteiger partial charge in [-0.1, -0.05) is 0 Å². The number of nitrogens with zero attached hydrogens (tertiary/aromatic N) is 1. The maximum absolute atomic E-state index is 11.9. The first kappa shape index (κ1) is 11.8. The second-order valence-electron chi connectivity index (χ2n) is 4.86. The molecule has 0 saturated carbocycles. The average molecular weight is 233 g/mol. The van der Waals surface area contributed by atoms with Crippen LogP contribution >= 0.6 is 0 Å². The lowest BCUT2D eigenvalue weighted by Crippen LogP contribution is -2.31. The monoisotopic (exact) mass is 233 g/mol. The highest BCUT2D eigenvalue weighted by Crippen LogP contribution is 2.29. The molecule has 1 amide bonds. The minimum absolute atomic E-state index is 0.0212. The lowest BCUT2D eigenvalue weighted by atomic mass is 9.95. The van der Waals surface area contributed by atoms with Gasteiger partial charge in [0.15, 0.2) is 5.78 Å². The van der Waals surface area contributed by atoms with Crippen LogP contribution < -0.4 is 4.90 Å². The van der Waals surface area contributed by atoms with E-state index in [2.05, 4.69) is 0 Å². The Hall–Kier alpha value is -1.68. The topological polar surface area (TPSA) is 57.6 Å². The third kappa shape index (κ3) is 1.96. The predicted octanol–water partition coefficient (Wildman–Crippen LogP) is 1.16. The fourth-order valence-electron chi connectivity index (χ4n) is 1.96. The van der Waals surface area contributed by atoms with Gasteiger partial charge in [0, 0.05) is 18.3 Å². The van der Waals surface area contributed by atoms with E-state index in [-0.39, 0.29) is 11.7 Å². The van der Waals surface area contributed by atoms with Gasteiger partial charge < -0.3 is 10.0 Å². The summed E-state index contributed by atoms with van der Waals surface area (Å²) in [7, 11) is 1.71. The summed E-state index contributed by atoms with van der Waals surface area (Å²) in [4.78, 5) is 25.0. The van der Waals surface area contributed by atoms with Crippen LogP contribution in [0.25, 0.3) is 0 Å². The number of carbonyl (C=O) groups is 2. The number of hydrogen-bond donors (Lipinski definition) is 1. The van der Waals surface area contributed by atoms with Gasteiger partial charge in [0.25, 0.3) is 0 Å². The normalized spacial score (nSPS) is 15.1. The quantitative estimate of drug-likeness (QED) is 0.780. The summed E-state index contributed by atoms with van der Waals surface area (Å²) in [6.45, 7) is 2.92. The molecule has 0 aromatic heterocycles. The zero-order chi connectivity index (χ0) is 12.8. The van der Waals surface area contributed by atoms with Crippen molar-refractivity contribution in [3.63, 3.8) is 0 Å². The van der Waals surface area contributed by atoms with Crippen LogP contribution in [0.1, 0.15) is 29.8 Å². The number of amides is 1. The van der Waals surface area contributed by atoms with E-state index in [1.807, 2.05) is 0 Å². The third-order valence-corrected chi connectivity index (χ3v) is 2.97. The summed E-state index contributed by atoms with van der Waals surface area (Å²) < 4.78 is 0. The van der Waals surface area contributed by atoms with Crippen molar-refractivity contribution >= 4 is 17.4 Å². The standard InChI is InChI=1S/C13H15NO3/c1-13(2,17)12(16)8-4-5-10-9(6-8)7-11(15)14(10)3/h4-6,17H,7H2,1-3H3. The molecule has 0 bridgehead atoms. The molecule has 1 aliphatic heterocycles. The van der Waals surface area contributed by atoms with E-state index in [9.17, 15) is 14.7 Å². The molecule has 0 saturated heterocycles. The summed E-state index contributed by atoms with van der Waals surface area (Å²) in [5.41, 5.74) is 0.734. The van der Waals surface area contributed by atoms with Gasteiger partial charge in [0.2, 0.25) is 5.91 Å². The summed E-state index contributed by atoms with van der Waals surface area (Å²) in [6.07, 6.45) is 0.318. The first-order chi connectivity index (χ1) is 7.80. The van der Waals surface area contributed by atoms with E-state index >= 15 is 0 Å². The summed E-state index contributed by atoms with van der Waals surface area (Å²) in [5.74, 6) is -0.310. The van der Waals surface area contributed by atoms with Crippen LogP contribution in [0.3, 0.4) is 0 Å². The van der Waals surface area contributed by atoms with Crippen molar-refractivity contribution in [2.75, 3.05) is 11.9 Å². The van der Waals surface area contributed by atoms with Gasteiger partial charge in [-0.3, -0.25) is 9.59 Å². The predicted molar refractivity (Wildman–Crippen MR) is 64.2 cm³/mol. The van der Waals surface area contributed by atoms with E-state index in [1.54, 1.807) is 30.1 Å². The average Bonchev–Trinajstić information content (AvgIpc) is 2.52. The highest BCUT2D eigenvalue weighted by Gasteiger charge is 2.29. The number of aliphatic hydroxyl groups is 1. The zero-order valence-electron chi connectivity index (χ0n) is 10.2. The van der Waals surface area contributed by atoms with Crippen molar-refractivity contribution in [1.82, 2.24) is 0 Å². The molecular formula is C13H15NO3. The molecule has 17 heavy (non-hydrogen) atoms. The molecule has 0 fully saturated rings. The Morgan fingerprint density at radius 3 is 2.65 bits per heavy atom.